The lowest BCUT2D eigenvalue weighted by Crippen LogP contribution is -2.23. The summed E-state index contributed by atoms with van der Waals surface area (Å²) in [6.07, 6.45) is 0. The zero-order valence-corrected chi connectivity index (χ0v) is 19.8. The number of primary sulfonamides is 1. The number of benzene rings is 2. The van der Waals surface area contributed by atoms with Crippen LogP contribution in [0.3, 0.4) is 0 Å². The number of thiazole rings is 1. The van der Waals surface area contributed by atoms with Crippen molar-refractivity contribution < 1.29 is 22.7 Å². The predicted molar refractivity (Wildman–Crippen MR) is 123 cm³/mol. The van der Waals surface area contributed by atoms with Gasteiger partial charge in [-0.25, -0.2) is 23.3 Å². The van der Waals surface area contributed by atoms with Gasteiger partial charge in [0.05, 0.1) is 22.0 Å². The number of nitrogens with zero attached hydrogens (tertiary/aromatic N) is 2. The molecule has 3 rings (SSSR count). The molecule has 0 atom stereocenters. The lowest BCUT2D eigenvalue weighted by Gasteiger charge is -2.20. The fourth-order valence-electron chi connectivity index (χ4n) is 3.00. The minimum atomic E-state index is -4.09. The third-order valence-electron chi connectivity index (χ3n) is 4.46. The van der Waals surface area contributed by atoms with Crippen LogP contribution in [0.4, 0.5) is 10.8 Å². The lowest BCUT2D eigenvalue weighted by atomic mass is 10.1. The number of carbonyl (C=O) groups excluding carboxylic acids is 2. The number of nitrogens with two attached hydrogens (primary N) is 1. The second-order valence-electron chi connectivity index (χ2n) is 7.03. The van der Waals surface area contributed by atoms with Gasteiger partial charge in [0, 0.05) is 12.3 Å². The number of amides is 1. The van der Waals surface area contributed by atoms with Crippen LogP contribution in [0.5, 0.6) is 0 Å². The Labute approximate surface area is 194 Å². The van der Waals surface area contributed by atoms with E-state index in [2.05, 4.69) is 4.98 Å². The Kier molecular flexibility index (Phi) is 6.99. The van der Waals surface area contributed by atoms with Crippen LogP contribution in [-0.4, -0.2) is 25.3 Å². The van der Waals surface area contributed by atoms with E-state index >= 15 is 0 Å². The highest BCUT2D eigenvalue weighted by Crippen LogP contribution is 2.32. The van der Waals surface area contributed by atoms with Crippen LogP contribution in [-0.2, 0) is 26.2 Å². The molecule has 0 saturated heterocycles. The number of aromatic nitrogens is 1. The van der Waals surface area contributed by atoms with Crippen LogP contribution in [0.2, 0.25) is 5.02 Å². The van der Waals surface area contributed by atoms with E-state index in [9.17, 15) is 18.0 Å². The smallest absolute Gasteiger partial charge is 0.338 e. The summed E-state index contributed by atoms with van der Waals surface area (Å²) in [6, 6.07) is 9.40. The molecule has 0 fully saturated rings. The number of carbonyl (C=O) groups is 2. The summed E-state index contributed by atoms with van der Waals surface area (Å²) in [5.74, 6) is -0.967. The molecule has 1 aromatic heterocycles. The predicted octanol–water partition coefficient (Wildman–Crippen LogP) is 4.10. The molecule has 3 aromatic rings. The van der Waals surface area contributed by atoms with Crippen molar-refractivity contribution in [1.82, 2.24) is 4.98 Å². The molecule has 0 spiro atoms. The first-order valence-corrected chi connectivity index (χ1v) is 12.1. The largest absolute Gasteiger partial charge is 0.456 e. The van der Waals surface area contributed by atoms with Crippen molar-refractivity contribution >= 4 is 55.7 Å². The molecule has 11 heteroatoms. The van der Waals surface area contributed by atoms with Gasteiger partial charge in [0.1, 0.15) is 11.5 Å². The van der Waals surface area contributed by atoms with Gasteiger partial charge < -0.3 is 4.74 Å². The van der Waals surface area contributed by atoms with Gasteiger partial charge in [-0.3, -0.25) is 9.69 Å². The van der Waals surface area contributed by atoms with Gasteiger partial charge in [-0.1, -0.05) is 29.3 Å². The number of esters is 1. The Morgan fingerprint density at radius 2 is 1.91 bits per heavy atom. The maximum atomic E-state index is 12.4. The fourth-order valence-corrected chi connectivity index (χ4v) is 4.94. The van der Waals surface area contributed by atoms with Gasteiger partial charge in [0.15, 0.2) is 5.13 Å². The highest BCUT2D eigenvalue weighted by atomic mass is 35.5. The van der Waals surface area contributed by atoms with E-state index in [0.29, 0.717) is 10.8 Å². The minimum absolute atomic E-state index is 0.0190. The maximum absolute atomic E-state index is 12.4. The molecule has 0 aliphatic heterocycles. The summed E-state index contributed by atoms with van der Waals surface area (Å²) in [6.45, 7) is 5.17. The van der Waals surface area contributed by atoms with E-state index in [0.717, 1.165) is 22.9 Å². The standard InChI is InChI=1S/C21H20ClN3O5S2/c1-12-4-7-18(13(2)8-12)25(14(3)26)21-24-16(11-31-21)10-30-20(27)15-5-6-17(22)19(9-15)32(23,28)29/h4-9,11H,10H2,1-3H3,(H2,23,28,29). The molecule has 0 aliphatic carbocycles. The molecule has 1 amide bonds. The molecule has 32 heavy (non-hydrogen) atoms. The van der Waals surface area contributed by atoms with Crippen molar-refractivity contribution in [3.8, 4) is 0 Å². The summed E-state index contributed by atoms with van der Waals surface area (Å²) >= 11 is 7.07. The normalized spacial score (nSPS) is 11.3. The molecule has 0 radical (unpaired) electrons. The van der Waals surface area contributed by atoms with Crippen LogP contribution < -0.4 is 10.0 Å². The molecular formula is C21H20ClN3O5S2. The molecule has 0 bridgehead atoms. The summed E-state index contributed by atoms with van der Waals surface area (Å²) in [7, 11) is -4.09. The first kappa shape index (κ1) is 23.9. The Hall–Kier alpha value is -2.79. The number of rotatable bonds is 6. The van der Waals surface area contributed by atoms with E-state index in [-0.39, 0.29) is 28.0 Å². The number of sulfonamides is 1. The number of aryl methyl sites for hydroxylation is 2. The van der Waals surface area contributed by atoms with Crippen molar-refractivity contribution in [3.05, 3.63) is 69.2 Å². The van der Waals surface area contributed by atoms with E-state index in [1.54, 1.807) is 5.38 Å². The molecular weight excluding hydrogens is 474 g/mol. The third-order valence-corrected chi connectivity index (χ3v) is 6.73. The Morgan fingerprint density at radius 3 is 2.53 bits per heavy atom. The topological polar surface area (TPSA) is 120 Å². The molecule has 2 aromatic carbocycles. The van der Waals surface area contributed by atoms with E-state index < -0.39 is 16.0 Å². The molecule has 1 heterocycles. The molecule has 0 saturated carbocycles. The molecule has 0 unspecified atom stereocenters. The Morgan fingerprint density at radius 1 is 1.19 bits per heavy atom. The van der Waals surface area contributed by atoms with Crippen molar-refractivity contribution in [3.63, 3.8) is 0 Å². The lowest BCUT2D eigenvalue weighted by molar-refractivity contribution is -0.115. The van der Waals surface area contributed by atoms with Crippen LogP contribution in [0.1, 0.15) is 34.1 Å². The molecule has 8 nitrogen and oxygen atoms in total. The number of hydrogen-bond acceptors (Lipinski definition) is 7. The highest BCUT2D eigenvalue weighted by molar-refractivity contribution is 7.89. The molecule has 168 valence electrons. The third kappa shape index (κ3) is 5.33. The van der Waals surface area contributed by atoms with Crippen LogP contribution in [0.25, 0.3) is 0 Å². The number of halogens is 1. The summed E-state index contributed by atoms with van der Waals surface area (Å²) in [5, 5.41) is 7.14. The highest BCUT2D eigenvalue weighted by Gasteiger charge is 2.21. The zero-order chi connectivity index (χ0) is 23.6. The van der Waals surface area contributed by atoms with Gasteiger partial charge in [-0.2, -0.15) is 0 Å². The number of hydrogen-bond donors (Lipinski definition) is 1. The Bertz CT molecular complexity index is 1300. The minimum Gasteiger partial charge on any atom is -0.456 e. The number of anilines is 2. The average Bonchev–Trinajstić information content (AvgIpc) is 3.15. The number of ether oxygens (including phenoxy) is 1. The monoisotopic (exact) mass is 493 g/mol. The van der Waals surface area contributed by atoms with E-state index in [1.165, 1.54) is 35.3 Å². The zero-order valence-electron chi connectivity index (χ0n) is 17.5. The SMILES string of the molecule is CC(=O)N(c1nc(COC(=O)c2ccc(Cl)c(S(N)(=O)=O)c2)cs1)c1ccc(C)cc1C. The van der Waals surface area contributed by atoms with Gasteiger partial charge >= 0.3 is 5.97 Å². The van der Waals surface area contributed by atoms with Crippen LogP contribution in [0.15, 0.2) is 46.7 Å². The van der Waals surface area contributed by atoms with Crippen molar-refractivity contribution in [2.75, 3.05) is 4.90 Å². The van der Waals surface area contributed by atoms with Crippen LogP contribution >= 0.6 is 22.9 Å². The second-order valence-corrected chi connectivity index (χ2v) is 9.81. The van der Waals surface area contributed by atoms with E-state index in [1.807, 2.05) is 32.0 Å². The van der Waals surface area contributed by atoms with Crippen LogP contribution in [0, 0.1) is 13.8 Å². The maximum Gasteiger partial charge on any atom is 0.338 e. The van der Waals surface area contributed by atoms with Crippen molar-refractivity contribution in [2.45, 2.75) is 32.3 Å². The molecule has 2 N–H and O–H groups in total. The summed E-state index contributed by atoms with van der Waals surface area (Å²) in [5.41, 5.74) is 3.15. The van der Waals surface area contributed by atoms with Gasteiger partial charge in [-0.05, 0) is 43.7 Å². The van der Waals surface area contributed by atoms with E-state index in [4.69, 9.17) is 21.5 Å². The van der Waals surface area contributed by atoms with Crippen molar-refractivity contribution in [1.29, 1.82) is 0 Å². The first-order chi connectivity index (χ1) is 15.0. The fraction of sp³-hybridized carbons (Fsp3) is 0.190. The Balaban J connectivity index is 1.78. The average molecular weight is 494 g/mol. The second kappa shape index (κ2) is 9.37. The summed E-state index contributed by atoms with van der Waals surface area (Å²) < 4.78 is 28.4. The molecule has 0 aliphatic rings. The summed E-state index contributed by atoms with van der Waals surface area (Å²) in [4.78, 5) is 30.2. The van der Waals surface area contributed by atoms with Gasteiger partial charge in [-0.15, -0.1) is 11.3 Å². The van der Waals surface area contributed by atoms with Crippen molar-refractivity contribution in [2.24, 2.45) is 5.14 Å². The first-order valence-electron chi connectivity index (χ1n) is 9.29. The van der Waals surface area contributed by atoms with Gasteiger partial charge in [0.25, 0.3) is 0 Å². The quantitative estimate of drug-likeness (QED) is 0.516. The van der Waals surface area contributed by atoms with Gasteiger partial charge in [0.2, 0.25) is 15.9 Å².